The third-order valence-electron chi connectivity index (χ3n) is 2.93. The van der Waals surface area contributed by atoms with Crippen molar-refractivity contribution in [1.29, 1.82) is 0 Å². The lowest BCUT2D eigenvalue weighted by molar-refractivity contribution is -0.132. The summed E-state index contributed by atoms with van der Waals surface area (Å²) in [4.78, 5) is 31.4. The largest absolute Gasteiger partial charge is 0.424 e. The predicted molar refractivity (Wildman–Crippen MR) is 79.7 cm³/mol. The maximum Gasteiger partial charge on any atom is 0.308 e. The molecule has 1 aromatic heterocycles. The van der Waals surface area contributed by atoms with Crippen molar-refractivity contribution in [3.63, 3.8) is 0 Å². The molecule has 22 heavy (non-hydrogen) atoms. The molecule has 0 aliphatic carbocycles. The fraction of sp³-hybridized carbons (Fsp3) is 0.125. The fourth-order valence-corrected chi connectivity index (χ4v) is 2.13. The average molecular weight is 296 g/mol. The van der Waals surface area contributed by atoms with Gasteiger partial charge in [-0.05, 0) is 24.3 Å². The first-order chi connectivity index (χ1) is 10.5. The molecule has 6 nitrogen and oxygen atoms in total. The maximum atomic E-state index is 11.2. The van der Waals surface area contributed by atoms with Gasteiger partial charge in [-0.15, -0.1) is 0 Å². The zero-order valence-electron chi connectivity index (χ0n) is 12.0. The molecule has 2 aromatic carbocycles. The second kappa shape index (κ2) is 5.40. The minimum atomic E-state index is -0.462. The van der Waals surface area contributed by atoms with Gasteiger partial charge in [0.1, 0.15) is 11.0 Å². The summed E-state index contributed by atoms with van der Waals surface area (Å²) in [7, 11) is 0. The molecule has 0 radical (unpaired) electrons. The number of carbonyl (C=O) groups excluding carboxylic acids is 2. The molecule has 0 atom stereocenters. The Balaban J connectivity index is 2.32. The molecule has 0 saturated heterocycles. The van der Waals surface area contributed by atoms with Crippen molar-refractivity contribution >= 4 is 34.0 Å². The number of hydrogen-bond acceptors (Lipinski definition) is 6. The van der Waals surface area contributed by atoms with E-state index in [1.807, 2.05) is 12.1 Å². The van der Waals surface area contributed by atoms with E-state index in [0.29, 0.717) is 22.1 Å². The van der Waals surface area contributed by atoms with Crippen molar-refractivity contribution in [2.75, 3.05) is 0 Å². The third kappa shape index (κ3) is 2.58. The third-order valence-corrected chi connectivity index (χ3v) is 2.93. The standard InChI is InChI=1S/C16H12N2O4/c1-9(19)21-13-7-8-14(22-10(2)20)16-15(13)17-11-5-3-4-6-12(11)18-16/h3-8H,1-2H3. The van der Waals surface area contributed by atoms with Crippen molar-refractivity contribution in [3.8, 4) is 11.5 Å². The molecule has 0 aliphatic rings. The van der Waals surface area contributed by atoms with Crippen LogP contribution < -0.4 is 9.47 Å². The number of aromatic nitrogens is 2. The van der Waals surface area contributed by atoms with Crippen LogP contribution in [0.4, 0.5) is 0 Å². The maximum absolute atomic E-state index is 11.2. The first-order valence-electron chi connectivity index (χ1n) is 6.61. The number of para-hydroxylation sites is 2. The van der Waals surface area contributed by atoms with Crippen LogP contribution in [-0.4, -0.2) is 21.9 Å². The Morgan fingerprint density at radius 3 is 1.55 bits per heavy atom. The summed E-state index contributed by atoms with van der Waals surface area (Å²) in [6.07, 6.45) is 0. The monoisotopic (exact) mass is 296 g/mol. The van der Waals surface area contributed by atoms with Gasteiger partial charge in [-0.3, -0.25) is 9.59 Å². The normalized spacial score (nSPS) is 10.6. The Kier molecular flexibility index (Phi) is 3.42. The summed E-state index contributed by atoms with van der Waals surface area (Å²) in [5, 5.41) is 0. The summed E-state index contributed by atoms with van der Waals surface area (Å²) >= 11 is 0. The average Bonchev–Trinajstić information content (AvgIpc) is 2.47. The number of rotatable bonds is 2. The first kappa shape index (κ1) is 13.9. The van der Waals surface area contributed by atoms with Crippen molar-refractivity contribution in [1.82, 2.24) is 9.97 Å². The van der Waals surface area contributed by atoms with Gasteiger partial charge in [0.2, 0.25) is 0 Å². The first-order valence-corrected chi connectivity index (χ1v) is 6.61. The summed E-state index contributed by atoms with van der Waals surface area (Å²) in [5.74, 6) is -0.374. The highest BCUT2D eigenvalue weighted by molar-refractivity contribution is 5.95. The van der Waals surface area contributed by atoms with E-state index < -0.39 is 11.9 Å². The van der Waals surface area contributed by atoms with Crippen molar-refractivity contribution < 1.29 is 19.1 Å². The van der Waals surface area contributed by atoms with Crippen molar-refractivity contribution in [2.45, 2.75) is 13.8 Å². The zero-order valence-corrected chi connectivity index (χ0v) is 12.0. The number of ether oxygens (including phenoxy) is 2. The van der Waals surface area contributed by atoms with Gasteiger partial charge in [0.05, 0.1) is 11.0 Å². The Bertz CT molecular complexity index is 831. The minimum Gasteiger partial charge on any atom is -0.424 e. The molecule has 110 valence electrons. The van der Waals surface area contributed by atoms with E-state index in [-0.39, 0.29) is 11.5 Å². The number of hydrogen-bond donors (Lipinski definition) is 0. The topological polar surface area (TPSA) is 78.4 Å². The minimum absolute atomic E-state index is 0.275. The van der Waals surface area contributed by atoms with Gasteiger partial charge < -0.3 is 9.47 Å². The van der Waals surface area contributed by atoms with Gasteiger partial charge in [0.25, 0.3) is 0 Å². The SMILES string of the molecule is CC(=O)Oc1ccc(OC(C)=O)c2nc3ccccc3nc12. The molecule has 6 heteroatoms. The Hall–Kier alpha value is -3.02. The summed E-state index contributed by atoms with van der Waals surface area (Å²) in [6, 6.07) is 10.3. The highest BCUT2D eigenvalue weighted by Gasteiger charge is 2.15. The van der Waals surface area contributed by atoms with E-state index in [9.17, 15) is 9.59 Å². The summed E-state index contributed by atoms with van der Waals surface area (Å²) < 4.78 is 10.3. The molecule has 0 amide bonds. The lowest BCUT2D eigenvalue weighted by atomic mass is 10.2. The molecule has 1 heterocycles. The zero-order chi connectivity index (χ0) is 15.7. The molecule has 0 saturated carbocycles. The van der Waals surface area contributed by atoms with Crippen LogP contribution in [0, 0.1) is 0 Å². The Morgan fingerprint density at radius 2 is 1.18 bits per heavy atom. The van der Waals surface area contributed by atoms with Gasteiger partial charge in [-0.2, -0.15) is 0 Å². The smallest absolute Gasteiger partial charge is 0.308 e. The van der Waals surface area contributed by atoms with E-state index in [0.717, 1.165) is 0 Å². The molecule has 0 bridgehead atoms. The summed E-state index contributed by atoms with van der Waals surface area (Å²) in [5.41, 5.74) is 2.05. The Labute approximate surface area is 125 Å². The van der Waals surface area contributed by atoms with Gasteiger partial charge in [-0.1, -0.05) is 12.1 Å². The molecule has 0 fully saturated rings. The van der Waals surface area contributed by atoms with Crippen LogP contribution >= 0.6 is 0 Å². The predicted octanol–water partition coefficient (Wildman–Crippen LogP) is 2.63. The molecule has 3 aromatic rings. The van der Waals surface area contributed by atoms with E-state index in [1.54, 1.807) is 12.1 Å². The second-order valence-corrected chi connectivity index (χ2v) is 4.66. The van der Waals surface area contributed by atoms with Gasteiger partial charge in [-0.25, -0.2) is 9.97 Å². The number of esters is 2. The highest BCUT2D eigenvalue weighted by Crippen LogP contribution is 2.32. The summed E-state index contributed by atoms with van der Waals surface area (Å²) in [6.45, 7) is 2.61. The molecule has 0 N–H and O–H groups in total. The molecular formula is C16H12N2O4. The van der Waals surface area contributed by atoms with Crippen LogP contribution in [0.1, 0.15) is 13.8 Å². The highest BCUT2D eigenvalue weighted by atomic mass is 16.5. The number of fused-ring (bicyclic) bond motifs is 2. The van der Waals surface area contributed by atoms with Crippen molar-refractivity contribution in [2.24, 2.45) is 0 Å². The Morgan fingerprint density at radius 1 is 0.773 bits per heavy atom. The van der Waals surface area contributed by atoms with Crippen LogP contribution in [0.3, 0.4) is 0 Å². The van der Waals surface area contributed by atoms with Crippen LogP contribution in [0.15, 0.2) is 36.4 Å². The van der Waals surface area contributed by atoms with E-state index in [4.69, 9.17) is 9.47 Å². The van der Waals surface area contributed by atoms with Gasteiger partial charge in [0.15, 0.2) is 11.5 Å². The van der Waals surface area contributed by atoms with Crippen LogP contribution in [0.5, 0.6) is 11.5 Å². The fourth-order valence-electron chi connectivity index (χ4n) is 2.13. The molecular weight excluding hydrogens is 284 g/mol. The number of carbonyl (C=O) groups is 2. The van der Waals surface area contributed by atoms with E-state index in [2.05, 4.69) is 9.97 Å². The molecule has 0 spiro atoms. The lowest BCUT2D eigenvalue weighted by Gasteiger charge is -2.10. The van der Waals surface area contributed by atoms with Crippen LogP contribution in [0.25, 0.3) is 22.1 Å². The van der Waals surface area contributed by atoms with Crippen LogP contribution in [0.2, 0.25) is 0 Å². The van der Waals surface area contributed by atoms with E-state index in [1.165, 1.54) is 26.0 Å². The second-order valence-electron chi connectivity index (χ2n) is 4.66. The van der Waals surface area contributed by atoms with Gasteiger partial charge in [0, 0.05) is 13.8 Å². The number of nitrogens with zero attached hydrogens (tertiary/aromatic N) is 2. The van der Waals surface area contributed by atoms with E-state index >= 15 is 0 Å². The van der Waals surface area contributed by atoms with Crippen molar-refractivity contribution in [3.05, 3.63) is 36.4 Å². The van der Waals surface area contributed by atoms with Gasteiger partial charge >= 0.3 is 11.9 Å². The molecule has 0 aliphatic heterocycles. The quantitative estimate of drug-likeness (QED) is 0.411. The molecule has 3 rings (SSSR count). The number of benzene rings is 2. The molecule has 0 unspecified atom stereocenters. The van der Waals surface area contributed by atoms with Crippen LogP contribution in [-0.2, 0) is 9.59 Å². The lowest BCUT2D eigenvalue weighted by Crippen LogP contribution is -2.06.